The molecule has 2 aromatic heterocycles. The summed E-state index contributed by atoms with van der Waals surface area (Å²) in [4.78, 5) is 5.58. The summed E-state index contributed by atoms with van der Waals surface area (Å²) in [7, 11) is 0. The monoisotopic (exact) mass is 376 g/mol. The number of nitrogens with one attached hydrogen (secondary N) is 2. The molecule has 3 N–H and O–H groups in total. The Hall–Kier alpha value is -1.93. The van der Waals surface area contributed by atoms with Crippen molar-refractivity contribution in [2.75, 3.05) is 13.1 Å². The first-order valence-electron chi connectivity index (χ1n) is 9.29. The van der Waals surface area contributed by atoms with Crippen LogP contribution in [0.5, 0.6) is 0 Å². The lowest BCUT2D eigenvalue weighted by molar-refractivity contribution is 0.0655. The van der Waals surface area contributed by atoms with Crippen molar-refractivity contribution in [2.45, 2.75) is 58.2 Å². The number of thiophene rings is 1. The smallest absolute Gasteiger partial charge is 0.191 e. The predicted molar refractivity (Wildman–Crippen MR) is 104 cm³/mol. The van der Waals surface area contributed by atoms with Crippen molar-refractivity contribution >= 4 is 17.3 Å². The minimum absolute atomic E-state index is 0.386. The van der Waals surface area contributed by atoms with E-state index in [1.54, 1.807) is 11.3 Å². The lowest BCUT2D eigenvalue weighted by Crippen LogP contribution is -2.44. The van der Waals surface area contributed by atoms with Crippen LogP contribution in [0.4, 0.5) is 0 Å². The van der Waals surface area contributed by atoms with Gasteiger partial charge in [0.2, 0.25) is 0 Å². The maximum atomic E-state index is 10.7. The molecule has 3 heterocycles. The van der Waals surface area contributed by atoms with Crippen molar-refractivity contribution in [3.63, 3.8) is 0 Å². The summed E-state index contributed by atoms with van der Waals surface area (Å²) in [6, 6.07) is 3.90. The fraction of sp³-hybridized carbons (Fsp3) is 0.611. The van der Waals surface area contributed by atoms with E-state index < -0.39 is 5.60 Å². The molecule has 0 aromatic carbocycles. The van der Waals surface area contributed by atoms with Crippen molar-refractivity contribution < 1.29 is 5.11 Å². The highest BCUT2D eigenvalue weighted by Crippen LogP contribution is 2.24. The standard InChI is InChI=1S/C18H28N6OS/c1-3-19-17(21-13-18(2,25)14-8-7-11-26-14)20-12-16-23-22-15-9-5-4-6-10-24(15)16/h7-8,11,25H,3-6,9-10,12-13H2,1-2H3,(H2,19,20,21). The topological polar surface area (TPSA) is 87.4 Å². The average Bonchev–Trinajstić information content (AvgIpc) is 3.24. The second kappa shape index (κ2) is 8.64. The minimum atomic E-state index is -0.934. The summed E-state index contributed by atoms with van der Waals surface area (Å²) >= 11 is 1.55. The number of guanidine groups is 1. The van der Waals surface area contributed by atoms with Crippen LogP contribution < -0.4 is 10.6 Å². The van der Waals surface area contributed by atoms with Gasteiger partial charge in [-0.15, -0.1) is 21.5 Å². The van der Waals surface area contributed by atoms with Gasteiger partial charge in [-0.2, -0.15) is 0 Å². The second-order valence-electron chi connectivity index (χ2n) is 6.79. The van der Waals surface area contributed by atoms with Gasteiger partial charge >= 0.3 is 0 Å². The van der Waals surface area contributed by atoms with Crippen LogP contribution in [0.1, 0.15) is 49.6 Å². The van der Waals surface area contributed by atoms with Crippen molar-refractivity contribution in [1.82, 2.24) is 25.4 Å². The van der Waals surface area contributed by atoms with E-state index in [2.05, 4.69) is 30.4 Å². The molecular weight excluding hydrogens is 348 g/mol. The van der Waals surface area contributed by atoms with Gasteiger partial charge in [-0.3, -0.25) is 0 Å². The molecule has 26 heavy (non-hydrogen) atoms. The zero-order valence-corrected chi connectivity index (χ0v) is 16.3. The molecule has 142 valence electrons. The number of aliphatic imine (C=N–C) groups is 1. The Balaban J connectivity index is 1.65. The number of hydrogen-bond acceptors (Lipinski definition) is 5. The molecule has 0 amide bonds. The first-order chi connectivity index (χ1) is 12.6. The van der Waals surface area contributed by atoms with Gasteiger partial charge in [0.05, 0.1) is 6.54 Å². The third-order valence-corrected chi connectivity index (χ3v) is 5.68. The fourth-order valence-electron chi connectivity index (χ4n) is 3.08. The molecule has 0 radical (unpaired) electrons. The molecule has 0 spiro atoms. The van der Waals surface area contributed by atoms with Crippen LogP contribution in [-0.2, 0) is 25.1 Å². The van der Waals surface area contributed by atoms with Crippen LogP contribution in [-0.4, -0.2) is 38.9 Å². The quantitative estimate of drug-likeness (QED) is 0.530. The molecule has 1 unspecified atom stereocenters. The molecule has 3 rings (SSSR count). The van der Waals surface area contributed by atoms with Crippen LogP contribution in [0, 0.1) is 0 Å². The van der Waals surface area contributed by atoms with Crippen LogP contribution >= 0.6 is 11.3 Å². The Labute approximate surface area is 158 Å². The zero-order chi connectivity index (χ0) is 18.4. The van der Waals surface area contributed by atoms with Crippen LogP contribution in [0.25, 0.3) is 0 Å². The highest BCUT2D eigenvalue weighted by atomic mass is 32.1. The van der Waals surface area contributed by atoms with E-state index in [1.165, 1.54) is 19.3 Å². The fourth-order valence-corrected chi connectivity index (χ4v) is 3.87. The Bertz CT molecular complexity index is 722. The molecule has 0 fully saturated rings. The van der Waals surface area contributed by atoms with Crippen molar-refractivity contribution in [2.24, 2.45) is 4.99 Å². The molecule has 8 heteroatoms. The highest BCUT2D eigenvalue weighted by Gasteiger charge is 2.24. The van der Waals surface area contributed by atoms with E-state index in [4.69, 9.17) is 0 Å². The van der Waals surface area contributed by atoms with Gasteiger partial charge in [-0.25, -0.2) is 4.99 Å². The predicted octanol–water partition coefficient (Wildman–Crippen LogP) is 2.03. The SMILES string of the molecule is CCNC(=NCc1nnc2n1CCCCC2)NCC(C)(O)c1cccs1. The Morgan fingerprint density at radius 2 is 2.23 bits per heavy atom. The first-order valence-corrected chi connectivity index (χ1v) is 10.2. The maximum Gasteiger partial charge on any atom is 0.191 e. The molecule has 0 saturated heterocycles. The van der Waals surface area contributed by atoms with Gasteiger partial charge in [0.15, 0.2) is 11.8 Å². The average molecular weight is 377 g/mol. The summed E-state index contributed by atoms with van der Waals surface area (Å²) in [5, 5.41) is 27.8. The van der Waals surface area contributed by atoms with E-state index in [1.807, 2.05) is 31.4 Å². The lowest BCUT2D eigenvalue weighted by Gasteiger charge is -2.23. The molecule has 0 aliphatic carbocycles. The van der Waals surface area contributed by atoms with Gasteiger partial charge in [0, 0.05) is 24.4 Å². The Kier molecular flexibility index (Phi) is 6.26. The molecular formula is C18H28N6OS. The van der Waals surface area contributed by atoms with E-state index in [9.17, 15) is 5.11 Å². The van der Waals surface area contributed by atoms with Crippen LogP contribution in [0.3, 0.4) is 0 Å². The summed E-state index contributed by atoms with van der Waals surface area (Å²) in [6.45, 7) is 6.43. The minimum Gasteiger partial charge on any atom is -0.383 e. The highest BCUT2D eigenvalue weighted by molar-refractivity contribution is 7.10. The van der Waals surface area contributed by atoms with Crippen molar-refractivity contribution in [3.8, 4) is 0 Å². The summed E-state index contributed by atoms with van der Waals surface area (Å²) < 4.78 is 2.21. The number of aryl methyl sites for hydroxylation is 1. The number of aromatic nitrogens is 3. The molecule has 1 atom stereocenters. The third kappa shape index (κ3) is 4.62. The molecule has 0 saturated carbocycles. The largest absolute Gasteiger partial charge is 0.383 e. The number of hydrogen-bond donors (Lipinski definition) is 3. The summed E-state index contributed by atoms with van der Waals surface area (Å²) in [5.74, 6) is 2.66. The van der Waals surface area contributed by atoms with Crippen molar-refractivity contribution in [1.29, 1.82) is 0 Å². The number of aliphatic hydroxyl groups is 1. The van der Waals surface area contributed by atoms with Gasteiger partial charge in [0.25, 0.3) is 0 Å². The maximum absolute atomic E-state index is 10.7. The third-order valence-electron chi connectivity index (χ3n) is 4.56. The first kappa shape index (κ1) is 18.8. The van der Waals surface area contributed by atoms with Crippen LogP contribution in [0.15, 0.2) is 22.5 Å². The normalized spacial score (nSPS) is 17.3. The van der Waals surface area contributed by atoms with Gasteiger partial charge < -0.3 is 20.3 Å². The summed E-state index contributed by atoms with van der Waals surface area (Å²) in [5.41, 5.74) is -0.934. The van der Waals surface area contributed by atoms with E-state index >= 15 is 0 Å². The Morgan fingerprint density at radius 3 is 3.00 bits per heavy atom. The molecule has 2 aromatic rings. The molecule has 7 nitrogen and oxygen atoms in total. The number of fused-ring (bicyclic) bond motifs is 1. The van der Waals surface area contributed by atoms with E-state index in [-0.39, 0.29) is 0 Å². The van der Waals surface area contributed by atoms with Gasteiger partial charge in [-0.1, -0.05) is 12.5 Å². The number of rotatable bonds is 6. The Morgan fingerprint density at radius 1 is 1.35 bits per heavy atom. The van der Waals surface area contributed by atoms with Gasteiger partial charge in [-0.05, 0) is 38.1 Å². The van der Waals surface area contributed by atoms with E-state index in [0.29, 0.717) is 19.0 Å². The zero-order valence-electron chi connectivity index (χ0n) is 15.5. The molecule has 1 aliphatic heterocycles. The van der Waals surface area contributed by atoms with Crippen molar-refractivity contribution in [3.05, 3.63) is 34.0 Å². The van der Waals surface area contributed by atoms with E-state index in [0.717, 1.165) is 36.0 Å². The molecule has 1 aliphatic rings. The lowest BCUT2D eigenvalue weighted by atomic mass is 10.1. The van der Waals surface area contributed by atoms with Crippen LogP contribution in [0.2, 0.25) is 0 Å². The molecule has 0 bridgehead atoms. The number of nitrogens with zero attached hydrogens (tertiary/aromatic N) is 4. The summed E-state index contributed by atoms with van der Waals surface area (Å²) in [6.07, 6.45) is 4.60. The van der Waals surface area contributed by atoms with Gasteiger partial charge in [0.1, 0.15) is 18.0 Å². The second-order valence-corrected chi connectivity index (χ2v) is 7.74.